The number of nitrogens with zero attached hydrogens (tertiary/aromatic N) is 1. The van der Waals surface area contributed by atoms with Gasteiger partial charge in [0.1, 0.15) is 90.3 Å². The van der Waals surface area contributed by atoms with E-state index in [1.807, 2.05) is 5.32 Å². The number of aromatic amines is 2. The number of imidazole rings is 1. The van der Waals surface area contributed by atoms with E-state index in [1.165, 1.54) is 57.6 Å². The van der Waals surface area contributed by atoms with Crippen molar-refractivity contribution in [2.75, 3.05) is 0 Å². The van der Waals surface area contributed by atoms with Gasteiger partial charge in [-0.1, -0.05) is 129 Å². The third-order valence-electron chi connectivity index (χ3n) is 21.1. The van der Waals surface area contributed by atoms with Crippen LogP contribution in [0.15, 0.2) is 97.6 Å². The number of carboxylic acid groups (broad SMARTS) is 6. The summed E-state index contributed by atoms with van der Waals surface area (Å²) in [7, 11) is 9.75. The van der Waals surface area contributed by atoms with Crippen molar-refractivity contribution in [1.82, 2.24) is 102 Å². The van der Waals surface area contributed by atoms with Crippen molar-refractivity contribution >= 4 is 148 Å². The number of benzene rings is 3. The Labute approximate surface area is 793 Å². The Morgan fingerprint density at radius 3 is 1.24 bits per heavy atom. The summed E-state index contributed by atoms with van der Waals surface area (Å²) in [5.74, 6) is -27.0. The molecule has 46 nitrogen and oxygen atoms in total. The Kier molecular flexibility index (Phi) is 51.9. The van der Waals surface area contributed by atoms with Crippen LogP contribution >= 0.6 is 18.8 Å². The number of hydrogen-bond acceptors (Lipinski definition) is 24. The minimum absolute atomic E-state index is 0. The second-order valence-corrected chi connectivity index (χ2v) is 35.7. The van der Waals surface area contributed by atoms with Gasteiger partial charge < -0.3 is 132 Å². The van der Waals surface area contributed by atoms with Crippen LogP contribution in [-0.2, 0) is 138 Å². The number of carbonyl (C=O) groups excluding carboxylic acids is 14. The molecular formula is C86H123Cl2N19O27Pt. The molecule has 16 atom stereocenters. The third kappa shape index (κ3) is 41.5. The number of fused-ring (bicyclic) bond motifs is 1. The van der Waals surface area contributed by atoms with Crippen molar-refractivity contribution in [3.8, 4) is 5.75 Å². The number of amides is 14. The Morgan fingerprint density at radius 2 is 0.756 bits per heavy atom. The van der Waals surface area contributed by atoms with Crippen molar-refractivity contribution in [1.29, 1.82) is 0 Å². The van der Waals surface area contributed by atoms with Gasteiger partial charge in [-0.3, -0.25) is 91.1 Å². The number of carboxylic acids is 6. The molecule has 0 saturated heterocycles. The SMILES string of the molecule is CC[C@H](C)[C@H](NC(=O)[C@H](CC(=O)O)NC(=O)[C@H](CC(C)C)NC(=O)[C@H](Cc1c[nH]cn1)NC(=O)[C@H](C)NC(=O)[C@H](Cc1ccccc1)NC(=O)[C@H](Cc1ccc(O)cc1)NC(=O)[C@@H](NC(=O)[C@H](C)NC(=O)[C@H](CCC(=O)O)NC(=O)[C@H](CCC(=O)O)NC(=O)[C@H](CC(=O)O)NC(=O)CCC(=O)O)C(C)C)C(=O)N[C@H](C(=O)N[C@@H](Cc1c[nH]c2ccccc12)C(=O)O)[C@@H](C)CC.N.N.[Cl][Pt][Cl]. The molecule has 2 aromatic heterocycles. The molecule has 14 amide bonds. The van der Waals surface area contributed by atoms with E-state index in [1.54, 1.807) is 102 Å². The van der Waals surface area contributed by atoms with Crippen LogP contribution in [0.5, 0.6) is 5.75 Å². The van der Waals surface area contributed by atoms with Crippen LogP contribution in [0.4, 0.5) is 0 Å². The summed E-state index contributed by atoms with van der Waals surface area (Å²) in [6.45, 7) is 15.3. The molecule has 0 aliphatic rings. The number of phenols is 1. The second kappa shape index (κ2) is 59.4. The fourth-order valence-electron chi connectivity index (χ4n) is 13.4. The van der Waals surface area contributed by atoms with E-state index in [4.69, 9.17) is 23.9 Å². The number of aliphatic carboxylic acids is 6. The molecule has 0 bridgehead atoms. The number of nitrogens with one attached hydrogen (secondary N) is 16. The molecule has 29 N–H and O–H groups in total. The number of halogens is 2. The summed E-state index contributed by atoms with van der Waals surface area (Å²) in [6.07, 6.45) is -3.20. The number of para-hydroxylation sites is 1. The topological polar surface area (TPSA) is 766 Å². The molecule has 0 fully saturated rings. The maximum atomic E-state index is 15.0. The van der Waals surface area contributed by atoms with E-state index in [2.05, 4.69) is 84.1 Å². The number of hydrogen-bond donors (Lipinski definition) is 25. The number of aromatic hydroxyl groups is 1. The summed E-state index contributed by atoms with van der Waals surface area (Å²) in [4.78, 5) is 280. The van der Waals surface area contributed by atoms with E-state index in [-0.39, 0.29) is 62.3 Å². The van der Waals surface area contributed by atoms with Crippen molar-refractivity contribution in [2.45, 2.75) is 250 Å². The van der Waals surface area contributed by atoms with Gasteiger partial charge in [-0.05, 0) is 91.7 Å². The molecule has 0 unspecified atom stereocenters. The van der Waals surface area contributed by atoms with Crippen LogP contribution in [0, 0.1) is 23.7 Å². The van der Waals surface area contributed by atoms with Crippen LogP contribution in [0.2, 0.25) is 0 Å². The predicted molar refractivity (Wildman–Crippen MR) is 482 cm³/mol. The summed E-state index contributed by atoms with van der Waals surface area (Å²) < 4.78 is 0. The van der Waals surface area contributed by atoms with E-state index < -0.39 is 295 Å². The number of rotatable bonds is 56. The molecular weight excluding hydrogens is 2000 g/mol. The predicted octanol–water partition coefficient (Wildman–Crippen LogP) is 0.817. The molecule has 0 aliphatic carbocycles. The number of phenolic OH excluding ortho intramolecular Hbond substituents is 1. The zero-order valence-electron chi connectivity index (χ0n) is 76.0. The first kappa shape index (κ1) is 118. The first-order chi connectivity index (χ1) is 62.7. The van der Waals surface area contributed by atoms with Crippen molar-refractivity contribution < 1.29 is 148 Å². The molecule has 0 saturated carbocycles. The minimum atomic E-state index is -1.95. The number of aromatic nitrogens is 3. The average molecular weight is 2120 g/mol. The van der Waals surface area contributed by atoms with Crippen LogP contribution in [0.3, 0.4) is 0 Å². The van der Waals surface area contributed by atoms with Gasteiger partial charge in [0, 0.05) is 68.2 Å². The van der Waals surface area contributed by atoms with Crippen molar-refractivity contribution in [3.05, 3.63) is 120 Å². The molecule has 49 heteroatoms. The van der Waals surface area contributed by atoms with Crippen molar-refractivity contribution in [2.24, 2.45) is 23.7 Å². The van der Waals surface area contributed by atoms with E-state index in [0.717, 1.165) is 17.8 Å². The quantitative estimate of drug-likeness (QED) is 0.0256. The second-order valence-electron chi connectivity index (χ2n) is 32.4. The molecule has 748 valence electrons. The molecule has 2 heterocycles. The van der Waals surface area contributed by atoms with Crippen molar-refractivity contribution in [3.63, 3.8) is 0 Å². The summed E-state index contributed by atoms with van der Waals surface area (Å²) in [5, 5.41) is 103. The standard InChI is InChI=1S/C86H117N17O27.2ClH.2H3N.Pt/c1-11-44(7)71(84(127)100-63(86(129)130)35-50-39-88-54-21-17-16-20-53(50)54)103-85(128)72(45(8)12-2)102-82(125)62(38-69(114)115)98-78(121)57(32-42(3)4)96-80(123)60(36-51-40-87-41-89-51)95-73(116)46(9)91-77(120)58(33-48-18-14-13-15-19-48)97-79(122)59(34-49-22-24-52(104)25-23-49)99-83(126)70(43(5)6)101-74(117)47(10)90-75(118)55(26-29-65(106)107)93-76(119)56(27-30-66(108)109)94-81(124)61(37-68(112)113)92-64(105)28-31-67(110)111;;;;;/h13-25,39-47,55-63,70-72,88,104H,11-12,26-38H2,1-10H3,(H,87,89)(H,90,118)(H,91,120)(H,92,105)(H,93,119)(H,94,124)(H,95,116)(H,96,123)(H,97,122)(H,98,121)(H,99,126)(H,100,127)(H,101,117)(H,102,125)(H,103,128)(H,106,107)(H,108,109)(H,110,111)(H,112,113)(H,114,115)(H,129,130);2*1H;2*1H3;/q;;;;;+2/p-2/t44-,45-,46-,47-,55-,56-,57-,58-,59-,60-,61-,62-,63-,70-,71-,72-;;;;;/m0...../s1. The van der Waals surface area contributed by atoms with Gasteiger partial charge in [0.05, 0.1) is 31.3 Å². The fraction of sp³-hybridized carbons (Fsp3) is 0.500. The number of carbonyl (C=O) groups is 20. The van der Waals surface area contributed by atoms with Crippen LogP contribution < -0.4 is 86.7 Å². The number of H-pyrrole nitrogens is 2. The monoisotopic (exact) mass is 2120 g/mol. The Morgan fingerprint density at radius 1 is 0.378 bits per heavy atom. The Balaban J connectivity index is 0.0000122. The van der Waals surface area contributed by atoms with Gasteiger partial charge in [0.2, 0.25) is 82.7 Å². The fourth-order valence-corrected chi connectivity index (χ4v) is 13.4. The Hall–Kier alpha value is -13.2. The molecule has 0 spiro atoms. The molecule has 5 rings (SSSR count). The van der Waals surface area contributed by atoms with Gasteiger partial charge in [-0.15, -0.1) is 0 Å². The zero-order chi connectivity index (χ0) is 99.6. The molecule has 3 aromatic carbocycles. The molecule has 0 aliphatic heterocycles. The molecule has 5 aromatic rings. The summed E-state index contributed by atoms with van der Waals surface area (Å²) in [6, 6.07) is -2.59. The van der Waals surface area contributed by atoms with Gasteiger partial charge in [0.15, 0.2) is 0 Å². The first-order valence-corrected chi connectivity index (χ1v) is 48.1. The normalized spacial score (nSPS) is 14.5. The average Bonchev–Trinajstić information content (AvgIpc) is 1.69. The van der Waals surface area contributed by atoms with E-state index >= 15 is 0 Å². The van der Waals surface area contributed by atoms with Gasteiger partial charge in [0.25, 0.3) is 0 Å². The zero-order valence-corrected chi connectivity index (χ0v) is 79.7. The third-order valence-corrected chi connectivity index (χ3v) is 21.1. The molecule has 135 heavy (non-hydrogen) atoms. The van der Waals surface area contributed by atoms with E-state index in [9.17, 15) is 127 Å². The maximum absolute atomic E-state index is 15.0. The first-order valence-electron chi connectivity index (χ1n) is 42.4. The summed E-state index contributed by atoms with van der Waals surface area (Å²) in [5.41, 5.74) is 2.31. The van der Waals surface area contributed by atoms with Gasteiger partial charge in [-0.25, -0.2) is 9.78 Å². The van der Waals surface area contributed by atoms with E-state index in [0.29, 0.717) is 23.1 Å². The van der Waals surface area contributed by atoms with Gasteiger partial charge >= 0.3 is 71.1 Å². The van der Waals surface area contributed by atoms with Crippen LogP contribution in [0.1, 0.15) is 162 Å². The van der Waals surface area contributed by atoms with Crippen LogP contribution in [-0.4, -0.2) is 254 Å². The Bertz CT molecular complexity index is 4860. The van der Waals surface area contributed by atoms with Gasteiger partial charge in [-0.2, -0.15) is 0 Å². The molecule has 0 radical (unpaired) electrons. The van der Waals surface area contributed by atoms with Crippen LogP contribution in [0.25, 0.3) is 10.9 Å². The summed E-state index contributed by atoms with van der Waals surface area (Å²) >= 11 is -0.472.